The van der Waals surface area contributed by atoms with Gasteiger partial charge in [-0.3, -0.25) is 0 Å². The van der Waals surface area contributed by atoms with Gasteiger partial charge in [-0.25, -0.2) is 0 Å². The zero-order valence-corrected chi connectivity index (χ0v) is 6.00. The Labute approximate surface area is 62.5 Å². The lowest BCUT2D eigenvalue weighted by Gasteiger charge is -2.09. The molecule has 0 fully saturated rings. The highest BCUT2D eigenvalue weighted by atomic mass is 35.5. The van der Waals surface area contributed by atoms with Crippen molar-refractivity contribution in [3.8, 4) is 0 Å². The van der Waals surface area contributed by atoms with Crippen molar-refractivity contribution in [2.45, 2.75) is 9.43 Å². The highest BCUT2D eigenvalue weighted by Gasteiger charge is 2.41. The lowest BCUT2D eigenvalue weighted by atomic mass is 11.6. The zero-order chi connectivity index (χ0) is 7.71. The van der Waals surface area contributed by atoms with Crippen molar-refractivity contribution in [3.63, 3.8) is 0 Å². The van der Waals surface area contributed by atoms with E-state index >= 15 is 0 Å². The standard InChI is InChI=1S/C2Cl2F4S/c3-1(5,6)9-2(4,7)8. The highest BCUT2D eigenvalue weighted by molar-refractivity contribution is 8.03. The summed E-state index contributed by atoms with van der Waals surface area (Å²) >= 11 is 7.04. The van der Waals surface area contributed by atoms with E-state index in [1.54, 1.807) is 0 Å². The van der Waals surface area contributed by atoms with Crippen LogP contribution in [0.4, 0.5) is 17.6 Å². The van der Waals surface area contributed by atoms with Crippen LogP contribution < -0.4 is 0 Å². The molecule has 0 aromatic heterocycles. The van der Waals surface area contributed by atoms with Gasteiger partial charge in [-0.2, -0.15) is 17.6 Å². The van der Waals surface area contributed by atoms with Crippen LogP contribution in [-0.4, -0.2) is 9.43 Å². The Hall–Kier alpha value is 0.650. The van der Waals surface area contributed by atoms with E-state index in [1.165, 1.54) is 0 Å². The molecule has 0 atom stereocenters. The average Bonchev–Trinajstić information content (AvgIpc) is 1.14. The van der Waals surface area contributed by atoms with E-state index in [-0.39, 0.29) is 0 Å². The van der Waals surface area contributed by atoms with Crippen LogP contribution in [0, 0.1) is 0 Å². The van der Waals surface area contributed by atoms with Crippen molar-refractivity contribution >= 4 is 35.0 Å². The Balaban J connectivity index is 3.75. The first-order valence-corrected chi connectivity index (χ1v) is 3.11. The lowest BCUT2D eigenvalue weighted by Crippen LogP contribution is -2.09. The van der Waals surface area contributed by atoms with E-state index < -0.39 is 21.2 Å². The van der Waals surface area contributed by atoms with E-state index in [9.17, 15) is 17.6 Å². The predicted molar refractivity (Wildman–Crippen MR) is 29.2 cm³/mol. The van der Waals surface area contributed by atoms with Crippen LogP contribution in [0.5, 0.6) is 0 Å². The summed E-state index contributed by atoms with van der Waals surface area (Å²) in [6.45, 7) is 0. The maximum Gasteiger partial charge on any atom is 0.377 e. The fraction of sp³-hybridized carbons (Fsp3) is 1.00. The summed E-state index contributed by atoms with van der Waals surface area (Å²) in [5.41, 5.74) is 0. The van der Waals surface area contributed by atoms with Gasteiger partial charge in [0.15, 0.2) is 0 Å². The Morgan fingerprint density at radius 3 is 1.11 bits per heavy atom. The van der Waals surface area contributed by atoms with Crippen LogP contribution in [0.1, 0.15) is 0 Å². The van der Waals surface area contributed by atoms with Crippen molar-refractivity contribution in [2.24, 2.45) is 0 Å². The quantitative estimate of drug-likeness (QED) is 0.490. The van der Waals surface area contributed by atoms with Gasteiger partial charge < -0.3 is 0 Å². The van der Waals surface area contributed by atoms with Crippen molar-refractivity contribution in [3.05, 3.63) is 0 Å². The number of alkyl halides is 6. The normalized spacial score (nSPS) is 14.0. The first-order valence-electron chi connectivity index (χ1n) is 1.54. The summed E-state index contributed by atoms with van der Waals surface area (Å²) in [6, 6.07) is 0. The fourth-order valence-electron chi connectivity index (χ4n) is 0.131. The Morgan fingerprint density at radius 2 is 1.11 bits per heavy atom. The first-order chi connectivity index (χ1) is 3.71. The molecule has 7 heteroatoms. The van der Waals surface area contributed by atoms with Crippen LogP contribution in [-0.2, 0) is 0 Å². The molecule has 0 aliphatic heterocycles. The number of thioether (sulfide) groups is 1. The molecule has 0 aromatic carbocycles. The third kappa shape index (κ3) is 8.65. The summed E-state index contributed by atoms with van der Waals surface area (Å²) < 4.78 is 37.5. The fourth-order valence-corrected chi connectivity index (χ4v) is 1.09. The maximum atomic E-state index is 11.4. The average molecular weight is 203 g/mol. The van der Waals surface area contributed by atoms with E-state index in [2.05, 4.69) is 23.2 Å². The second-order valence-corrected chi connectivity index (χ2v) is 3.62. The topological polar surface area (TPSA) is 0 Å². The van der Waals surface area contributed by atoms with Gasteiger partial charge >= 0.3 is 9.43 Å². The van der Waals surface area contributed by atoms with Crippen LogP contribution in [0.3, 0.4) is 0 Å². The van der Waals surface area contributed by atoms with E-state index in [0.717, 1.165) is 0 Å². The molecular weight excluding hydrogens is 203 g/mol. The minimum absolute atomic E-state index is 1.12. The molecule has 0 aliphatic carbocycles. The van der Waals surface area contributed by atoms with Gasteiger partial charge in [-0.15, -0.1) is 0 Å². The number of hydrogen-bond donors (Lipinski definition) is 0. The van der Waals surface area contributed by atoms with Crippen LogP contribution in [0.2, 0.25) is 0 Å². The summed E-state index contributed by atoms with van der Waals surface area (Å²) in [5, 5.41) is 0. The van der Waals surface area contributed by atoms with Gasteiger partial charge in [0, 0.05) is 11.8 Å². The first kappa shape index (κ1) is 9.65. The second kappa shape index (κ2) is 2.72. The molecule has 0 bridgehead atoms. The van der Waals surface area contributed by atoms with Crippen molar-refractivity contribution < 1.29 is 17.6 Å². The molecule has 0 spiro atoms. The van der Waals surface area contributed by atoms with Crippen molar-refractivity contribution in [2.75, 3.05) is 0 Å². The molecule has 9 heavy (non-hydrogen) atoms. The van der Waals surface area contributed by atoms with E-state index in [1.807, 2.05) is 0 Å². The molecule has 0 unspecified atom stereocenters. The molecule has 0 saturated heterocycles. The molecule has 0 rings (SSSR count). The molecule has 0 aliphatic rings. The minimum atomic E-state index is -4.01. The molecule has 0 radical (unpaired) electrons. The number of rotatable bonds is 2. The summed E-state index contributed by atoms with van der Waals surface area (Å²) in [7, 11) is 0. The molecule has 0 N–H and O–H groups in total. The Morgan fingerprint density at radius 1 is 0.889 bits per heavy atom. The predicted octanol–water partition coefficient (Wildman–Crippen LogP) is 3.30. The van der Waals surface area contributed by atoms with Gasteiger partial charge in [-0.1, -0.05) is 0 Å². The molecule has 56 valence electrons. The smallest absolute Gasteiger partial charge is 0.177 e. The second-order valence-electron chi connectivity index (χ2n) is 0.994. The Kier molecular flexibility index (Phi) is 2.91. The van der Waals surface area contributed by atoms with Crippen LogP contribution >= 0.6 is 35.0 Å². The molecule has 0 nitrogen and oxygen atoms in total. The van der Waals surface area contributed by atoms with Gasteiger partial charge in [0.05, 0.1) is 0 Å². The van der Waals surface area contributed by atoms with E-state index in [0.29, 0.717) is 0 Å². The monoisotopic (exact) mass is 202 g/mol. The molecule has 0 saturated carbocycles. The minimum Gasteiger partial charge on any atom is -0.177 e. The molecular formula is C2Cl2F4S. The number of halogens is 6. The van der Waals surface area contributed by atoms with Gasteiger partial charge in [-0.05, 0) is 23.2 Å². The molecule has 0 heterocycles. The van der Waals surface area contributed by atoms with Crippen molar-refractivity contribution in [1.29, 1.82) is 0 Å². The van der Waals surface area contributed by atoms with Crippen molar-refractivity contribution in [1.82, 2.24) is 0 Å². The maximum absolute atomic E-state index is 11.4. The highest BCUT2D eigenvalue weighted by Crippen LogP contribution is 2.46. The van der Waals surface area contributed by atoms with Gasteiger partial charge in [0.25, 0.3) is 0 Å². The zero-order valence-electron chi connectivity index (χ0n) is 3.68. The van der Waals surface area contributed by atoms with E-state index in [4.69, 9.17) is 0 Å². The third-order valence-corrected chi connectivity index (χ3v) is 1.16. The van der Waals surface area contributed by atoms with Gasteiger partial charge in [0.1, 0.15) is 0 Å². The van der Waals surface area contributed by atoms with Crippen LogP contribution in [0.15, 0.2) is 0 Å². The van der Waals surface area contributed by atoms with Gasteiger partial charge in [0.2, 0.25) is 0 Å². The largest absolute Gasteiger partial charge is 0.377 e. The number of hydrogen-bond acceptors (Lipinski definition) is 1. The molecule has 0 amide bonds. The SMILES string of the molecule is FC(F)(Cl)SC(F)(F)Cl. The summed E-state index contributed by atoms with van der Waals surface area (Å²) in [4.78, 5) is 0. The van der Waals surface area contributed by atoms with Crippen LogP contribution in [0.25, 0.3) is 0 Å². The Bertz CT molecular complexity index is 81.7. The third-order valence-electron chi connectivity index (χ3n) is 0.231. The lowest BCUT2D eigenvalue weighted by molar-refractivity contribution is 0.167. The molecule has 0 aromatic rings. The summed E-state index contributed by atoms with van der Waals surface area (Å²) in [5.74, 6) is 0. The summed E-state index contributed by atoms with van der Waals surface area (Å²) in [6.07, 6.45) is 0.